The molecule has 0 amide bonds. The van der Waals surface area contributed by atoms with E-state index < -0.39 is 12.7 Å². The van der Waals surface area contributed by atoms with E-state index >= 15 is 0 Å². The lowest BCUT2D eigenvalue weighted by atomic mass is 10.4. The first-order valence-electron chi connectivity index (χ1n) is 4.81. The van der Waals surface area contributed by atoms with E-state index in [1.54, 1.807) is 6.92 Å². The van der Waals surface area contributed by atoms with Crippen LogP contribution in [0.1, 0.15) is 12.6 Å². The van der Waals surface area contributed by atoms with E-state index in [2.05, 4.69) is 9.97 Å². The van der Waals surface area contributed by atoms with Gasteiger partial charge in [0.25, 0.3) is 0 Å². The van der Waals surface area contributed by atoms with Gasteiger partial charge in [0.15, 0.2) is 0 Å². The van der Waals surface area contributed by atoms with Crippen LogP contribution in [0.25, 0.3) is 0 Å². The van der Waals surface area contributed by atoms with E-state index in [-0.39, 0.29) is 23.9 Å². The zero-order valence-corrected chi connectivity index (χ0v) is 9.12. The zero-order chi connectivity index (χ0) is 13.1. The number of nitrogens with two attached hydrogens (primary N) is 1. The Kier molecular flexibility index (Phi) is 3.87. The highest BCUT2D eigenvalue weighted by Crippen LogP contribution is 2.19. The Morgan fingerprint density at radius 3 is 2.41 bits per heavy atom. The van der Waals surface area contributed by atoms with Gasteiger partial charge >= 0.3 is 6.18 Å². The van der Waals surface area contributed by atoms with Gasteiger partial charge in [0.1, 0.15) is 23.9 Å². The maximum absolute atomic E-state index is 12.2. The third kappa shape index (κ3) is 3.89. The standard InChI is InChI=1S/C9H12F3N5/c1-2-17(5-9(10,11)12)7-4-15-6(3-16-7)8(13)14/h3-4H,2,5H2,1H3,(H3,13,14). The van der Waals surface area contributed by atoms with Crippen LogP contribution < -0.4 is 10.6 Å². The van der Waals surface area contributed by atoms with Gasteiger partial charge < -0.3 is 10.6 Å². The SMILES string of the molecule is CCN(CC(F)(F)F)c1cnc(C(=N)N)cn1. The molecule has 0 aliphatic carbocycles. The normalized spacial score (nSPS) is 11.3. The molecule has 0 spiro atoms. The molecule has 0 radical (unpaired) electrons. The van der Waals surface area contributed by atoms with Gasteiger partial charge in [-0.2, -0.15) is 13.2 Å². The second-order valence-corrected chi connectivity index (χ2v) is 3.30. The maximum atomic E-state index is 12.2. The second kappa shape index (κ2) is 4.98. The Hall–Kier alpha value is -1.86. The second-order valence-electron chi connectivity index (χ2n) is 3.30. The van der Waals surface area contributed by atoms with Crippen LogP contribution in [-0.2, 0) is 0 Å². The van der Waals surface area contributed by atoms with Crippen molar-refractivity contribution in [2.45, 2.75) is 13.1 Å². The predicted octanol–water partition coefficient (Wildman–Crippen LogP) is 1.15. The molecular formula is C9H12F3N5. The number of hydrogen-bond acceptors (Lipinski definition) is 4. The molecule has 0 bridgehead atoms. The molecule has 1 rings (SSSR count). The molecule has 17 heavy (non-hydrogen) atoms. The van der Waals surface area contributed by atoms with Gasteiger partial charge in [-0.3, -0.25) is 5.41 Å². The van der Waals surface area contributed by atoms with Crippen molar-refractivity contribution in [1.29, 1.82) is 5.41 Å². The molecule has 0 aliphatic heterocycles. The molecule has 8 heteroatoms. The maximum Gasteiger partial charge on any atom is 0.405 e. The first kappa shape index (κ1) is 13.2. The molecule has 1 heterocycles. The number of aromatic nitrogens is 2. The van der Waals surface area contributed by atoms with Gasteiger partial charge in [0, 0.05) is 6.54 Å². The number of halogens is 3. The summed E-state index contributed by atoms with van der Waals surface area (Å²) in [6, 6.07) is 0. The lowest BCUT2D eigenvalue weighted by molar-refractivity contribution is -0.119. The fourth-order valence-electron chi connectivity index (χ4n) is 1.19. The van der Waals surface area contributed by atoms with Crippen LogP contribution in [0.15, 0.2) is 12.4 Å². The molecule has 94 valence electrons. The molecule has 1 aromatic rings. The minimum absolute atomic E-state index is 0.106. The first-order chi connectivity index (χ1) is 7.83. The van der Waals surface area contributed by atoms with E-state index in [0.29, 0.717) is 0 Å². The summed E-state index contributed by atoms with van der Waals surface area (Å²) in [5.41, 5.74) is 5.30. The van der Waals surface area contributed by atoms with E-state index in [0.717, 1.165) is 4.90 Å². The molecular weight excluding hydrogens is 235 g/mol. The third-order valence-electron chi connectivity index (χ3n) is 1.99. The van der Waals surface area contributed by atoms with Crippen molar-refractivity contribution in [1.82, 2.24) is 9.97 Å². The number of alkyl halides is 3. The molecule has 0 aromatic carbocycles. The monoisotopic (exact) mass is 247 g/mol. The average Bonchev–Trinajstić information content (AvgIpc) is 2.25. The average molecular weight is 247 g/mol. The summed E-state index contributed by atoms with van der Waals surface area (Å²) in [6.07, 6.45) is -1.94. The molecule has 0 aliphatic rings. The van der Waals surface area contributed by atoms with E-state index in [9.17, 15) is 13.2 Å². The van der Waals surface area contributed by atoms with Crippen molar-refractivity contribution in [3.8, 4) is 0 Å². The summed E-state index contributed by atoms with van der Waals surface area (Å²) in [5, 5.41) is 7.08. The molecule has 0 atom stereocenters. The van der Waals surface area contributed by atoms with Crippen LogP contribution in [0.3, 0.4) is 0 Å². The van der Waals surface area contributed by atoms with Gasteiger partial charge in [0.05, 0.1) is 12.4 Å². The fourth-order valence-corrected chi connectivity index (χ4v) is 1.19. The molecule has 3 N–H and O–H groups in total. The van der Waals surface area contributed by atoms with Crippen LogP contribution >= 0.6 is 0 Å². The number of nitrogens with zero attached hydrogens (tertiary/aromatic N) is 3. The highest BCUT2D eigenvalue weighted by Gasteiger charge is 2.30. The Bertz CT molecular complexity index is 387. The summed E-state index contributed by atoms with van der Waals surface area (Å²) in [5.74, 6) is -0.169. The number of hydrogen-bond donors (Lipinski definition) is 2. The van der Waals surface area contributed by atoms with E-state index in [1.807, 2.05) is 0 Å². The van der Waals surface area contributed by atoms with Gasteiger partial charge in [-0.15, -0.1) is 0 Å². The third-order valence-corrected chi connectivity index (χ3v) is 1.99. The number of anilines is 1. The number of rotatable bonds is 4. The van der Waals surface area contributed by atoms with E-state index in [1.165, 1.54) is 12.4 Å². The number of nitrogen functional groups attached to an aromatic ring is 1. The van der Waals surface area contributed by atoms with Crippen molar-refractivity contribution in [3.63, 3.8) is 0 Å². The minimum atomic E-state index is -4.29. The molecule has 1 aromatic heterocycles. The van der Waals surface area contributed by atoms with Crippen molar-refractivity contribution in [2.24, 2.45) is 5.73 Å². The van der Waals surface area contributed by atoms with Crippen LogP contribution in [0.5, 0.6) is 0 Å². The van der Waals surface area contributed by atoms with Crippen LogP contribution in [0.2, 0.25) is 0 Å². The van der Waals surface area contributed by atoms with Crippen molar-refractivity contribution < 1.29 is 13.2 Å². The Morgan fingerprint density at radius 1 is 1.41 bits per heavy atom. The minimum Gasteiger partial charge on any atom is -0.382 e. The number of nitrogens with one attached hydrogen (secondary N) is 1. The molecule has 0 fully saturated rings. The van der Waals surface area contributed by atoms with Gasteiger partial charge in [-0.1, -0.05) is 0 Å². The Morgan fingerprint density at radius 2 is 2.06 bits per heavy atom. The van der Waals surface area contributed by atoms with Crippen molar-refractivity contribution in [3.05, 3.63) is 18.1 Å². The Balaban J connectivity index is 2.86. The predicted molar refractivity (Wildman–Crippen MR) is 57.0 cm³/mol. The highest BCUT2D eigenvalue weighted by molar-refractivity contribution is 5.92. The topological polar surface area (TPSA) is 78.9 Å². The summed E-state index contributed by atoms with van der Waals surface area (Å²) in [6.45, 7) is 0.664. The van der Waals surface area contributed by atoms with Crippen LogP contribution in [0.4, 0.5) is 19.0 Å². The zero-order valence-electron chi connectivity index (χ0n) is 9.12. The number of amidine groups is 1. The largest absolute Gasteiger partial charge is 0.405 e. The van der Waals surface area contributed by atoms with E-state index in [4.69, 9.17) is 11.1 Å². The lowest BCUT2D eigenvalue weighted by Gasteiger charge is -2.22. The van der Waals surface area contributed by atoms with Gasteiger partial charge in [0.2, 0.25) is 0 Å². The molecule has 0 unspecified atom stereocenters. The van der Waals surface area contributed by atoms with Gasteiger partial charge in [-0.25, -0.2) is 9.97 Å². The Labute approximate surface area is 96.0 Å². The molecule has 5 nitrogen and oxygen atoms in total. The highest BCUT2D eigenvalue weighted by atomic mass is 19.4. The quantitative estimate of drug-likeness (QED) is 0.618. The summed E-state index contributed by atoms with van der Waals surface area (Å²) in [7, 11) is 0. The first-order valence-corrected chi connectivity index (χ1v) is 4.81. The van der Waals surface area contributed by atoms with Crippen molar-refractivity contribution >= 4 is 11.7 Å². The lowest BCUT2D eigenvalue weighted by Crippen LogP contribution is -2.34. The van der Waals surface area contributed by atoms with Crippen LogP contribution in [-0.4, -0.2) is 35.1 Å². The van der Waals surface area contributed by atoms with Crippen molar-refractivity contribution in [2.75, 3.05) is 18.0 Å². The summed E-state index contributed by atoms with van der Waals surface area (Å²) >= 11 is 0. The molecule has 0 saturated heterocycles. The van der Waals surface area contributed by atoms with Crippen LogP contribution in [0, 0.1) is 5.41 Å². The fraction of sp³-hybridized carbons (Fsp3) is 0.444. The smallest absolute Gasteiger partial charge is 0.382 e. The van der Waals surface area contributed by atoms with Gasteiger partial charge in [-0.05, 0) is 6.92 Å². The summed E-state index contributed by atoms with van der Waals surface area (Å²) < 4.78 is 36.7. The summed E-state index contributed by atoms with van der Waals surface area (Å²) in [4.78, 5) is 8.59. The molecule has 0 saturated carbocycles.